The maximum absolute atomic E-state index is 10.3. The van der Waals surface area contributed by atoms with Gasteiger partial charge in [0.15, 0.2) is 6.29 Å². The molecule has 1 saturated heterocycles. The predicted octanol–water partition coefficient (Wildman–Crippen LogP) is 1.14. The minimum atomic E-state index is -0.618. The van der Waals surface area contributed by atoms with E-state index < -0.39 is 6.29 Å². The fraction of sp³-hybridized carbons (Fsp3) is 1.00. The normalized spacial score (nSPS) is 54.8. The van der Waals surface area contributed by atoms with Crippen LogP contribution in [0.3, 0.4) is 0 Å². The van der Waals surface area contributed by atoms with Crippen LogP contribution in [-0.4, -0.2) is 29.2 Å². The zero-order chi connectivity index (χ0) is 10.4. The molecule has 86 valence electrons. The number of hydrogen-bond donors (Lipinski definition) is 2. The standard InChI is InChI=1S/C12H20O3/c13-11-8-4-2-1-3-7(8)5-9-10(11)6-15-12(9)14/h7-14H,1-6H2. The number of rotatable bonds is 0. The van der Waals surface area contributed by atoms with Crippen molar-refractivity contribution < 1.29 is 14.9 Å². The fourth-order valence-corrected chi connectivity index (χ4v) is 3.96. The molecule has 15 heavy (non-hydrogen) atoms. The summed E-state index contributed by atoms with van der Waals surface area (Å²) in [6, 6.07) is 0. The third-order valence-electron chi connectivity index (χ3n) is 4.80. The molecule has 0 bridgehead atoms. The Hall–Kier alpha value is -0.120. The number of fused-ring (bicyclic) bond motifs is 2. The van der Waals surface area contributed by atoms with E-state index in [4.69, 9.17) is 4.74 Å². The SMILES string of the molecule is OC1OCC2C(O)C3CCCCC3CC12. The van der Waals surface area contributed by atoms with Crippen molar-refractivity contribution >= 4 is 0 Å². The average molecular weight is 212 g/mol. The lowest BCUT2D eigenvalue weighted by atomic mass is 9.62. The summed E-state index contributed by atoms with van der Waals surface area (Å²) < 4.78 is 5.27. The fourth-order valence-electron chi connectivity index (χ4n) is 3.96. The summed E-state index contributed by atoms with van der Waals surface area (Å²) in [5, 5.41) is 20.0. The molecule has 3 fully saturated rings. The topological polar surface area (TPSA) is 49.7 Å². The zero-order valence-corrected chi connectivity index (χ0v) is 9.01. The molecule has 2 saturated carbocycles. The number of aliphatic hydroxyl groups is 2. The molecule has 0 spiro atoms. The van der Waals surface area contributed by atoms with E-state index in [1.165, 1.54) is 25.7 Å². The highest BCUT2D eigenvalue weighted by atomic mass is 16.6. The quantitative estimate of drug-likeness (QED) is 0.633. The Labute approximate surface area is 90.4 Å². The molecule has 3 aliphatic rings. The Morgan fingerprint density at radius 2 is 1.73 bits per heavy atom. The highest BCUT2D eigenvalue weighted by molar-refractivity contribution is 4.96. The van der Waals surface area contributed by atoms with Crippen LogP contribution in [0, 0.1) is 23.7 Å². The first-order valence-electron chi connectivity index (χ1n) is 6.25. The van der Waals surface area contributed by atoms with E-state index in [2.05, 4.69) is 0 Å². The molecule has 3 nitrogen and oxygen atoms in total. The molecule has 0 aromatic rings. The summed E-state index contributed by atoms with van der Waals surface area (Å²) in [6.45, 7) is 0.552. The lowest BCUT2D eigenvalue weighted by Crippen LogP contribution is -2.46. The number of aliphatic hydroxyl groups excluding tert-OH is 2. The van der Waals surface area contributed by atoms with Gasteiger partial charge in [-0.25, -0.2) is 0 Å². The maximum Gasteiger partial charge on any atom is 0.157 e. The van der Waals surface area contributed by atoms with Crippen molar-refractivity contribution in [2.24, 2.45) is 23.7 Å². The summed E-state index contributed by atoms with van der Waals surface area (Å²) in [5.74, 6) is 1.50. The smallest absolute Gasteiger partial charge is 0.157 e. The van der Waals surface area contributed by atoms with E-state index in [0.717, 1.165) is 6.42 Å². The molecule has 2 N–H and O–H groups in total. The van der Waals surface area contributed by atoms with Gasteiger partial charge in [-0.2, -0.15) is 0 Å². The number of ether oxygens (including phenoxy) is 1. The van der Waals surface area contributed by atoms with Gasteiger partial charge in [0.25, 0.3) is 0 Å². The Kier molecular flexibility index (Phi) is 2.49. The third kappa shape index (κ3) is 1.52. The van der Waals surface area contributed by atoms with Crippen molar-refractivity contribution in [2.45, 2.75) is 44.5 Å². The molecule has 0 radical (unpaired) electrons. The first-order chi connectivity index (χ1) is 7.27. The molecule has 0 aromatic heterocycles. The van der Waals surface area contributed by atoms with E-state index >= 15 is 0 Å². The summed E-state index contributed by atoms with van der Waals surface area (Å²) in [4.78, 5) is 0. The summed E-state index contributed by atoms with van der Waals surface area (Å²) >= 11 is 0. The summed E-state index contributed by atoms with van der Waals surface area (Å²) in [7, 11) is 0. The van der Waals surface area contributed by atoms with Crippen molar-refractivity contribution in [3.8, 4) is 0 Å². The van der Waals surface area contributed by atoms with E-state index in [9.17, 15) is 10.2 Å². The van der Waals surface area contributed by atoms with E-state index in [-0.39, 0.29) is 17.9 Å². The molecule has 0 amide bonds. The van der Waals surface area contributed by atoms with Crippen molar-refractivity contribution in [3.05, 3.63) is 0 Å². The molecule has 0 aromatic carbocycles. The Morgan fingerprint density at radius 1 is 0.933 bits per heavy atom. The average Bonchev–Trinajstić information content (AvgIpc) is 2.62. The molecular formula is C12H20O3. The van der Waals surface area contributed by atoms with Gasteiger partial charge in [0.1, 0.15) is 0 Å². The lowest BCUT2D eigenvalue weighted by Gasteiger charge is -2.44. The third-order valence-corrected chi connectivity index (χ3v) is 4.80. The molecule has 1 heterocycles. The first-order valence-corrected chi connectivity index (χ1v) is 6.25. The molecule has 2 aliphatic carbocycles. The second-order valence-electron chi connectivity index (χ2n) is 5.49. The van der Waals surface area contributed by atoms with Crippen LogP contribution in [0.1, 0.15) is 32.1 Å². The van der Waals surface area contributed by atoms with Crippen LogP contribution >= 0.6 is 0 Å². The van der Waals surface area contributed by atoms with Crippen molar-refractivity contribution in [1.29, 1.82) is 0 Å². The maximum atomic E-state index is 10.3. The molecule has 1 aliphatic heterocycles. The molecule has 6 atom stereocenters. The Bertz CT molecular complexity index is 239. The Morgan fingerprint density at radius 3 is 2.60 bits per heavy atom. The largest absolute Gasteiger partial charge is 0.392 e. The highest BCUT2D eigenvalue weighted by Gasteiger charge is 2.50. The van der Waals surface area contributed by atoms with Crippen molar-refractivity contribution in [2.75, 3.05) is 6.61 Å². The van der Waals surface area contributed by atoms with Gasteiger partial charge in [0, 0.05) is 11.8 Å². The van der Waals surface area contributed by atoms with Gasteiger partial charge in [-0.3, -0.25) is 0 Å². The van der Waals surface area contributed by atoms with Gasteiger partial charge in [0.2, 0.25) is 0 Å². The second kappa shape index (κ2) is 3.72. The zero-order valence-electron chi connectivity index (χ0n) is 9.01. The van der Waals surface area contributed by atoms with Gasteiger partial charge >= 0.3 is 0 Å². The lowest BCUT2D eigenvalue weighted by molar-refractivity contribution is -0.102. The minimum absolute atomic E-state index is 0.194. The van der Waals surface area contributed by atoms with Gasteiger partial charge in [0.05, 0.1) is 12.7 Å². The monoisotopic (exact) mass is 212 g/mol. The van der Waals surface area contributed by atoms with Gasteiger partial charge < -0.3 is 14.9 Å². The van der Waals surface area contributed by atoms with Gasteiger partial charge in [-0.15, -0.1) is 0 Å². The number of hydrogen-bond acceptors (Lipinski definition) is 3. The van der Waals surface area contributed by atoms with Crippen LogP contribution < -0.4 is 0 Å². The molecule has 3 heteroatoms. The van der Waals surface area contributed by atoms with Crippen molar-refractivity contribution in [3.63, 3.8) is 0 Å². The summed E-state index contributed by atoms with van der Waals surface area (Å²) in [6.07, 6.45) is 5.18. The van der Waals surface area contributed by atoms with Crippen LogP contribution in [0.4, 0.5) is 0 Å². The molecule has 6 unspecified atom stereocenters. The van der Waals surface area contributed by atoms with Crippen LogP contribution in [0.5, 0.6) is 0 Å². The van der Waals surface area contributed by atoms with Crippen LogP contribution in [-0.2, 0) is 4.74 Å². The summed E-state index contributed by atoms with van der Waals surface area (Å²) in [5.41, 5.74) is 0. The minimum Gasteiger partial charge on any atom is -0.392 e. The van der Waals surface area contributed by atoms with Crippen LogP contribution in [0.25, 0.3) is 0 Å². The Balaban J connectivity index is 1.80. The van der Waals surface area contributed by atoms with E-state index in [1.807, 2.05) is 0 Å². The van der Waals surface area contributed by atoms with E-state index in [1.54, 1.807) is 0 Å². The van der Waals surface area contributed by atoms with Crippen LogP contribution in [0.2, 0.25) is 0 Å². The van der Waals surface area contributed by atoms with Gasteiger partial charge in [-0.05, 0) is 24.7 Å². The molecule has 3 rings (SSSR count). The van der Waals surface area contributed by atoms with Gasteiger partial charge in [-0.1, -0.05) is 19.3 Å². The van der Waals surface area contributed by atoms with Crippen LogP contribution in [0.15, 0.2) is 0 Å². The predicted molar refractivity (Wildman–Crippen MR) is 55.0 cm³/mol. The second-order valence-corrected chi connectivity index (χ2v) is 5.49. The first kappa shape index (κ1) is 10.1. The van der Waals surface area contributed by atoms with Crippen molar-refractivity contribution in [1.82, 2.24) is 0 Å². The highest BCUT2D eigenvalue weighted by Crippen LogP contribution is 2.48. The van der Waals surface area contributed by atoms with E-state index in [0.29, 0.717) is 18.4 Å². The molecular weight excluding hydrogens is 192 g/mol.